The van der Waals surface area contributed by atoms with Crippen molar-refractivity contribution in [1.29, 1.82) is 0 Å². The van der Waals surface area contributed by atoms with Gasteiger partial charge in [0.15, 0.2) is 0 Å². The van der Waals surface area contributed by atoms with Gasteiger partial charge in [-0.25, -0.2) is 13.1 Å². The Morgan fingerprint density at radius 2 is 1.95 bits per heavy atom. The molecule has 0 radical (unpaired) electrons. The van der Waals surface area contributed by atoms with Crippen LogP contribution in [0.2, 0.25) is 5.02 Å². The van der Waals surface area contributed by atoms with Crippen molar-refractivity contribution in [3.8, 4) is 0 Å². The van der Waals surface area contributed by atoms with Gasteiger partial charge in [0.2, 0.25) is 10.0 Å². The highest BCUT2D eigenvalue weighted by molar-refractivity contribution is 7.89. The van der Waals surface area contributed by atoms with Crippen LogP contribution in [0.25, 0.3) is 0 Å². The van der Waals surface area contributed by atoms with Gasteiger partial charge in [0, 0.05) is 11.1 Å². The fourth-order valence-corrected chi connectivity index (χ4v) is 3.71. The Balaban J connectivity index is 2.91. The molecule has 0 aliphatic carbocycles. The molecular formula is C14H23ClN2O2S. The first-order valence-electron chi connectivity index (χ1n) is 6.98. The summed E-state index contributed by atoms with van der Waals surface area (Å²) in [6.45, 7) is 4.14. The molecule has 4 nitrogen and oxygen atoms in total. The molecule has 1 atom stereocenters. The van der Waals surface area contributed by atoms with E-state index in [2.05, 4.69) is 11.6 Å². The van der Waals surface area contributed by atoms with Gasteiger partial charge in [-0.1, -0.05) is 44.7 Å². The Hall–Kier alpha value is -0.780. The maximum absolute atomic E-state index is 12.4. The Bertz CT molecular complexity index is 532. The topological polar surface area (TPSA) is 72.2 Å². The molecule has 114 valence electrons. The zero-order valence-electron chi connectivity index (χ0n) is 12.0. The number of hydrogen-bond donors (Lipinski definition) is 2. The Labute approximate surface area is 126 Å². The van der Waals surface area contributed by atoms with Crippen LogP contribution in [0.1, 0.15) is 46.0 Å². The van der Waals surface area contributed by atoms with Crippen molar-refractivity contribution in [2.75, 3.05) is 5.73 Å². The molecule has 1 unspecified atom stereocenters. The van der Waals surface area contributed by atoms with Gasteiger partial charge in [-0.3, -0.25) is 0 Å². The van der Waals surface area contributed by atoms with E-state index in [0.717, 1.165) is 32.1 Å². The molecule has 0 aliphatic heterocycles. The van der Waals surface area contributed by atoms with Crippen molar-refractivity contribution in [3.63, 3.8) is 0 Å². The van der Waals surface area contributed by atoms with E-state index in [9.17, 15) is 8.42 Å². The van der Waals surface area contributed by atoms with Gasteiger partial charge >= 0.3 is 0 Å². The van der Waals surface area contributed by atoms with Gasteiger partial charge in [0.05, 0.1) is 5.69 Å². The second-order valence-corrected chi connectivity index (χ2v) is 7.05. The summed E-state index contributed by atoms with van der Waals surface area (Å²) in [5.41, 5.74) is 5.93. The van der Waals surface area contributed by atoms with E-state index in [4.69, 9.17) is 17.3 Å². The molecule has 0 saturated carbocycles. The van der Waals surface area contributed by atoms with Gasteiger partial charge in [0.25, 0.3) is 0 Å². The first kappa shape index (κ1) is 17.3. The van der Waals surface area contributed by atoms with Gasteiger partial charge in [-0.15, -0.1) is 0 Å². The van der Waals surface area contributed by atoms with Gasteiger partial charge in [-0.2, -0.15) is 0 Å². The second-order valence-electron chi connectivity index (χ2n) is 4.93. The first-order chi connectivity index (χ1) is 9.40. The number of nitrogens with two attached hydrogens (primary N) is 1. The molecule has 0 heterocycles. The first-order valence-corrected chi connectivity index (χ1v) is 8.84. The van der Waals surface area contributed by atoms with Crippen molar-refractivity contribution < 1.29 is 8.42 Å². The molecule has 3 N–H and O–H groups in total. The summed E-state index contributed by atoms with van der Waals surface area (Å²) in [5.74, 6) is 0. The van der Waals surface area contributed by atoms with Crippen molar-refractivity contribution in [2.45, 2.75) is 56.9 Å². The smallest absolute Gasteiger partial charge is 0.242 e. The number of unbranched alkanes of at least 4 members (excludes halogenated alkanes) is 1. The van der Waals surface area contributed by atoms with Crippen LogP contribution in [0.4, 0.5) is 5.69 Å². The van der Waals surface area contributed by atoms with E-state index in [1.807, 2.05) is 6.92 Å². The molecule has 0 saturated heterocycles. The lowest BCUT2D eigenvalue weighted by molar-refractivity contribution is 0.483. The summed E-state index contributed by atoms with van der Waals surface area (Å²) in [6.07, 6.45) is 4.66. The Kier molecular flexibility index (Phi) is 6.79. The van der Waals surface area contributed by atoms with E-state index in [1.165, 1.54) is 18.2 Å². The summed E-state index contributed by atoms with van der Waals surface area (Å²) in [7, 11) is -3.59. The number of benzene rings is 1. The third-order valence-electron chi connectivity index (χ3n) is 3.13. The quantitative estimate of drug-likeness (QED) is 0.720. The SMILES string of the molecule is CCCCC(CCC)NS(=O)(=O)c1ccc(Cl)cc1N. The highest BCUT2D eigenvalue weighted by atomic mass is 35.5. The molecule has 0 amide bonds. The predicted molar refractivity (Wildman–Crippen MR) is 84.4 cm³/mol. The Morgan fingerprint density at radius 1 is 1.25 bits per heavy atom. The summed E-state index contributed by atoms with van der Waals surface area (Å²) >= 11 is 5.80. The molecule has 0 aliphatic rings. The minimum atomic E-state index is -3.59. The number of rotatable bonds is 8. The van der Waals surface area contributed by atoms with Crippen LogP contribution in [0, 0.1) is 0 Å². The number of halogens is 1. The zero-order chi connectivity index (χ0) is 15.2. The van der Waals surface area contributed by atoms with Crippen LogP contribution in [0.3, 0.4) is 0 Å². The monoisotopic (exact) mass is 318 g/mol. The summed E-state index contributed by atoms with van der Waals surface area (Å²) in [6, 6.07) is 4.40. The fourth-order valence-electron chi connectivity index (χ4n) is 2.11. The zero-order valence-corrected chi connectivity index (χ0v) is 13.6. The average Bonchev–Trinajstić information content (AvgIpc) is 2.35. The van der Waals surface area contributed by atoms with Crippen LogP contribution < -0.4 is 10.5 Å². The summed E-state index contributed by atoms with van der Waals surface area (Å²) in [4.78, 5) is 0.0968. The lowest BCUT2D eigenvalue weighted by Crippen LogP contribution is -2.35. The third-order valence-corrected chi connectivity index (χ3v) is 4.96. The largest absolute Gasteiger partial charge is 0.398 e. The lowest BCUT2D eigenvalue weighted by atomic mass is 10.1. The molecule has 1 rings (SSSR count). The predicted octanol–water partition coefficient (Wildman–Crippen LogP) is 3.56. The van der Waals surface area contributed by atoms with Crippen LogP contribution in [0.5, 0.6) is 0 Å². The van der Waals surface area contributed by atoms with Crippen molar-refractivity contribution in [1.82, 2.24) is 4.72 Å². The lowest BCUT2D eigenvalue weighted by Gasteiger charge is -2.18. The van der Waals surface area contributed by atoms with Crippen LogP contribution >= 0.6 is 11.6 Å². The number of anilines is 1. The van der Waals surface area contributed by atoms with Crippen molar-refractivity contribution >= 4 is 27.3 Å². The van der Waals surface area contributed by atoms with Crippen LogP contribution in [-0.4, -0.2) is 14.5 Å². The summed E-state index contributed by atoms with van der Waals surface area (Å²) < 4.78 is 27.5. The van der Waals surface area contributed by atoms with Crippen LogP contribution in [0.15, 0.2) is 23.1 Å². The molecule has 0 spiro atoms. The van der Waals surface area contributed by atoms with E-state index in [1.54, 1.807) is 0 Å². The minimum Gasteiger partial charge on any atom is -0.398 e. The van der Waals surface area contributed by atoms with Gasteiger partial charge < -0.3 is 5.73 Å². The van der Waals surface area contributed by atoms with Gasteiger partial charge in [0.1, 0.15) is 4.90 Å². The fraction of sp³-hybridized carbons (Fsp3) is 0.571. The standard InChI is InChI=1S/C14H23ClN2O2S/c1-3-5-7-12(6-4-2)17-20(18,19)14-9-8-11(15)10-13(14)16/h8-10,12,17H,3-7,16H2,1-2H3. The van der Waals surface area contributed by atoms with E-state index in [-0.39, 0.29) is 16.6 Å². The molecule has 20 heavy (non-hydrogen) atoms. The van der Waals surface area contributed by atoms with Crippen molar-refractivity contribution in [2.24, 2.45) is 0 Å². The number of sulfonamides is 1. The number of hydrogen-bond acceptors (Lipinski definition) is 3. The van der Waals surface area contributed by atoms with E-state index >= 15 is 0 Å². The highest BCUT2D eigenvalue weighted by Crippen LogP contribution is 2.23. The van der Waals surface area contributed by atoms with Gasteiger partial charge in [-0.05, 0) is 31.0 Å². The molecule has 0 aromatic heterocycles. The molecule has 0 bridgehead atoms. The molecule has 1 aromatic carbocycles. The van der Waals surface area contributed by atoms with E-state index < -0.39 is 10.0 Å². The normalized spacial score (nSPS) is 13.3. The molecule has 1 aromatic rings. The minimum absolute atomic E-state index is 0.0416. The van der Waals surface area contributed by atoms with Crippen LogP contribution in [-0.2, 0) is 10.0 Å². The molecule has 0 fully saturated rings. The summed E-state index contributed by atoms with van der Waals surface area (Å²) in [5, 5.41) is 0.428. The van der Waals surface area contributed by atoms with Crippen molar-refractivity contribution in [3.05, 3.63) is 23.2 Å². The van der Waals surface area contributed by atoms with E-state index in [0.29, 0.717) is 5.02 Å². The maximum atomic E-state index is 12.4. The number of nitrogens with one attached hydrogen (secondary N) is 1. The highest BCUT2D eigenvalue weighted by Gasteiger charge is 2.21. The number of nitrogen functional groups attached to an aromatic ring is 1. The Morgan fingerprint density at radius 3 is 2.50 bits per heavy atom. The third kappa shape index (κ3) is 4.96. The maximum Gasteiger partial charge on any atom is 0.242 e. The second kappa shape index (κ2) is 7.86. The molecule has 6 heteroatoms. The molecular weight excluding hydrogens is 296 g/mol. The average molecular weight is 319 g/mol.